The van der Waals surface area contributed by atoms with Crippen molar-refractivity contribution < 1.29 is 14.3 Å². The monoisotopic (exact) mass is 450 g/mol. The van der Waals surface area contributed by atoms with Gasteiger partial charge >= 0.3 is 0 Å². The highest BCUT2D eigenvalue weighted by atomic mass is 16.5. The van der Waals surface area contributed by atoms with Gasteiger partial charge in [0.2, 0.25) is 5.91 Å². The van der Waals surface area contributed by atoms with Crippen molar-refractivity contribution in [1.29, 1.82) is 0 Å². The van der Waals surface area contributed by atoms with Gasteiger partial charge in [0.1, 0.15) is 5.60 Å². The number of rotatable bonds is 3. The van der Waals surface area contributed by atoms with Crippen LogP contribution in [0.25, 0.3) is 0 Å². The number of benzene rings is 1. The van der Waals surface area contributed by atoms with Gasteiger partial charge in [0.25, 0.3) is 0 Å². The van der Waals surface area contributed by atoms with Crippen molar-refractivity contribution in [1.82, 2.24) is 5.01 Å². The van der Waals surface area contributed by atoms with Crippen LogP contribution in [-0.2, 0) is 11.2 Å². The molecule has 2 aliphatic heterocycles. The molecule has 0 bridgehead atoms. The quantitative estimate of drug-likeness (QED) is 0.529. The van der Waals surface area contributed by atoms with Gasteiger partial charge in [-0.1, -0.05) is 38.5 Å². The number of hydrazone groups is 1. The van der Waals surface area contributed by atoms with E-state index in [2.05, 4.69) is 12.1 Å². The lowest BCUT2D eigenvalue weighted by atomic mass is 9.72. The summed E-state index contributed by atoms with van der Waals surface area (Å²) in [5.41, 5.74) is 3.58. The third-order valence-corrected chi connectivity index (χ3v) is 9.10. The highest BCUT2D eigenvalue weighted by Crippen LogP contribution is 2.51. The fraction of sp³-hybridized carbons (Fsp3) is 0.714. The van der Waals surface area contributed by atoms with Crippen LogP contribution < -0.4 is 9.47 Å². The van der Waals surface area contributed by atoms with Gasteiger partial charge in [-0.3, -0.25) is 4.79 Å². The summed E-state index contributed by atoms with van der Waals surface area (Å²) in [6, 6.07) is 4.54. The summed E-state index contributed by atoms with van der Waals surface area (Å²) in [6.45, 7) is 0. The molecule has 1 aromatic rings. The van der Waals surface area contributed by atoms with E-state index in [9.17, 15) is 4.79 Å². The molecule has 1 amide bonds. The van der Waals surface area contributed by atoms with Crippen molar-refractivity contribution in [2.24, 2.45) is 16.9 Å². The van der Waals surface area contributed by atoms with Crippen LogP contribution in [0.1, 0.15) is 101 Å². The summed E-state index contributed by atoms with van der Waals surface area (Å²) in [4.78, 5) is 13.7. The molecule has 3 saturated carbocycles. The van der Waals surface area contributed by atoms with Crippen molar-refractivity contribution in [3.63, 3.8) is 0 Å². The van der Waals surface area contributed by atoms with Crippen LogP contribution in [0, 0.1) is 11.8 Å². The fourth-order valence-electron chi connectivity index (χ4n) is 7.35. The number of fused-ring (bicyclic) bond motifs is 2. The first-order chi connectivity index (χ1) is 16.2. The minimum atomic E-state index is -0.0658. The topological polar surface area (TPSA) is 51.1 Å². The summed E-state index contributed by atoms with van der Waals surface area (Å²) >= 11 is 0. The molecular weight excluding hydrogens is 412 g/mol. The second kappa shape index (κ2) is 8.63. The minimum absolute atomic E-state index is 0.0658. The third kappa shape index (κ3) is 3.66. The Morgan fingerprint density at radius 2 is 1.64 bits per heavy atom. The summed E-state index contributed by atoms with van der Waals surface area (Å²) in [7, 11) is 1.74. The average Bonchev–Trinajstić information content (AvgIpc) is 3.36. The smallest absolute Gasteiger partial charge is 0.246 e. The van der Waals surface area contributed by atoms with Crippen molar-refractivity contribution >= 4 is 11.6 Å². The van der Waals surface area contributed by atoms with Gasteiger partial charge in [0, 0.05) is 29.4 Å². The predicted molar refractivity (Wildman–Crippen MR) is 129 cm³/mol. The van der Waals surface area contributed by atoms with Crippen LogP contribution in [0.5, 0.6) is 11.5 Å². The Balaban J connectivity index is 1.44. The molecule has 6 rings (SSSR count). The Bertz CT molecular complexity index is 941. The molecular formula is C28H38N2O3. The van der Waals surface area contributed by atoms with E-state index in [0.717, 1.165) is 68.6 Å². The van der Waals surface area contributed by atoms with E-state index in [0.29, 0.717) is 5.91 Å². The van der Waals surface area contributed by atoms with Crippen LogP contribution >= 0.6 is 0 Å². The highest BCUT2D eigenvalue weighted by Gasteiger charge is 2.47. The number of methoxy groups -OCH3 is 1. The van der Waals surface area contributed by atoms with Crippen molar-refractivity contribution in [2.45, 2.75) is 108 Å². The van der Waals surface area contributed by atoms with Crippen LogP contribution in [0.4, 0.5) is 0 Å². The van der Waals surface area contributed by atoms with Crippen molar-refractivity contribution in [3.05, 3.63) is 23.3 Å². The zero-order valence-corrected chi connectivity index (χ0v) is 20.1. The van der Waals surface area contributed by atoms with Gasteiger partial charge in [-0.25, -0.2) is 5.01 Å². The van der Waals surface area contributed by atoms with Gasteiger partial charge in [0.05, 0.1) is 18.9 Å². The van der Waals surface area contributed by atoms with Crippen LogP contribution in [0.2, 0.25) is 0 Å². The van der Waals surface area contributed by atoms with Gasteiger partial charge in [0.15, 0.2) is 11.5 Å². The number of ether oxygens (including phenoxy) is 2. The maximum atomic E-state index is 13.7. The van der Waals surface area contributed by atoms with E-state index in [1.807, 2.05) is 5.01 Å². The summed E-state index contributed by atoms with van der Waals surface area (Å²) in [5, 5.41) is 7.18. The highest BCUT2D eigenvalue weighted by molar-refractivity contribution is 6.08. The molecule has 0 radical (unpaired) electrons. The number of hydrogen-bond acceptors (Lipinski definition) is 4. The molecule has 0 aromatic heterocycles. The van der Waals surface area contributed by atoms with E-state index >= 15 is 0 Å². The van der Waals surface area contributed by atoms with Gasteiger partial charge < -0.3 is 9.47 Å². The molecule has 33 heavy (non-hydrogen) atoms. The third-order valence-electron chi connectivity index (χ3n) is 9.10. The maximum absolute atomic E-state index is 13.7. The number of carbonyl (C=O) groups excluding carboxylic acids is 1. The summed E-state index contributed by atoms with van der Waals surface area (Å²) in [5.74, 6) is 2.40. The van der Waals surface area contributed by atoms with Crippen molar-refractivity contribution in [3.8, 4) is 11.5 Å². The standard InChI is InChI=1S/C28H38N2O3/c1-32-24-15-14-21(23-18-28(33-26(23)24)16-8-9-17-28)25-20-12-6-7-13-22(20)27(31)30(29-25)19-10-4-2-3-5-11-19/h14-15,19-20,22H,2-13,16-18H2,1H3/t20-,22+/m0/s1. The lowest BCUT2D eigenvalue weighted by Gasteiger charge is -2.41. The Labute approximate surface area is 197 Å². The summed E-state index contributed by atoms with van der Waals surface area (Å²) in [6.07, 6.45) is 17.3. The second-order valence-electron chi connectivity index (χ2n) is 11.1. The zero-order chi connectivity index (χ0) is 22.4. The lowest BCUT2D eigenvalue weighted by Crippen LogP contribution is -2.49. The fourth-order valence-corrected chi connectivity index (χ4v) is 7.35. The first kappa shape index (κ1) is 21.5. The Morgan fingerprint density at radius 3 is 2.36 bits per heavy atom. The zero-order valence-electron chi connectivity index (χ0n) is 20.1. The van der Waals surface area contributed by atoms with E-state index in [4.69, 9.17) is 14.6 Å². The van der Waals surface area contributed by atoms with Crippen LogP contribution in [0.15, 0.2) is 17.2 Å². The van der Waals surface area contributed by atoms with E-state index in [-0.39, 0.29) is 23.5 Å². The van der Waals surface area contributed by atoms with E-state index in [1.165, 1.54) is 56.1 Å². The van der Waals surface area contributed by atoms with Crippen molar-refractivity contribution in [2.75, 3.05) is 7.11 Å². The molecule has 1 spiro atoms. The molecule has 0 unspecified atom stereocenters. The molecule has 0 N–H and O–H groups in total. The maximum Gasteiger partial charge on any atom is 0.246 e. The SMILES string of the molecule is COc1ccc(C2=NN(C3CCCCCC3)C(=O)[C@@H]3CCCC[C@H]23)c2c1OC1(CCCC1)C2. The summed E-state index contributed by atoms with van der Waals surface area (Å²) < 4.78 is 12.4. The van der Waals surface area contributed by atoms with Gasteiger partial charge in [-0.05, 0) is 63.5 Å². The van der Waals surface area contributed by atoms with Gasteiger partial charge in [-0.15, -0.1) is 0 Å². The molecule has 5 heteroatoms. The first-order valence-electron chi connectivity index (χ1n) is 13.5. The van der Waals surface area contributed by atoms with Crippen LogP contribution in [-0.4, -0.2) is 35.4 Å². The van der Waals surface area contributed by atoms with Gasteiger partial charge in [-0.2, -0.15) is 5.10 Å². The van der Waals surface area contributed by atoms with E-state index in [1.54, 1.807) is 7.11 Å². The first-order valence-corrected chi connectivity index (χ1v) is 13.5. The minimum Gasteiger partial charge on any atom is -0.493 e. The number of nitrogens with zero attached hydrogens (tertiary/aromatic N) is 2. The Hall–Kier alpha value is -2.04. The van der Waals surface area contributed by atoms with Crippen LogP contribution in [0.3, 0.4) is 0 Å². The predicted octanol–water partition coefficient (Wildman–Crippen LogP) is 6.02. The molecule has 2 heterocycles. The molecule has 5 aliphatic rings. The molecule has 0 saturated heterocycles. The average molecular weight is 451 g/mol. The molecule has 3 aliphatic carbocycles. The molecule has 1 aromatic carbocycles. The molecule has 3 fully saturated rings. The van der Waals surface area contributed by atoms with E-state index < -0.39 is 0 Å². The number of hydrogen-bond donors (Lipinski definition) is 0. The molecule has 2 atom stereocenters. The number of amides is 1. The molecule has 178 valence electrons. The normalized spacial score (nSPS) is 29.3. The largest absolute Gasteiger partial charge is 0.493 e. The Kier molecular flexibility index (Phi) is 5.62. The molecule has 5 nitrogen and oxygen atoms in total. The Morgan fingerprint density at radius 1 is 0.939 bits per heavy atom. The number of carbonyl (C=O) groups is 1. The second-order valence-corrected chi connectivity index (χ2v) is 11.1. The lowest BCUT2D eigenvalue weighted by molar-refractivity contribution is -0.141.